The smallest absolute Gasteiger partial charge is 0.126 e. The molecule has 0 aliphatic rings. The summed E-state index contributed by atoms with van der Waals surface area (Å²) in [5.74, 6) is -1.30. The molecule has 108 valence electrons. The SMILES string of the molecule is Cc1nn(C)c(CC(C)(N)c2cc(F)cc(F)c2)c1Cl. The van der Waals surface area contributed by atoms with Crippen molar-refractivity contribution in [1.29, 1.82) is 0 Å². The van der Waals surface area contributed by atoms with Crippen molar-refractivity contribution in [2.24, 2.45) is 12.8 Å². The summed E-state index contributed by atoms with van der Waals surface area (Å²) in [7, 11) is 1.76. The van der Waals surface area contributed by atoms with E-state index in [9.17, 15) is 8.78 Å². The van der Waals surface area contributed by atoms with Crippen molar-refractivity contribution in [2.45, 2.75) is 25.8 Å². The second kappa shape index (κ2) is 5.14. The van der Waals surface area contributed by atoms with Crippen LogP contribution in [0.4, 0.5) is 8.78 Å². The van der Waals surface area contributed by atoms with Crippen LogP contribution in [0.1, 0.15) is 23.9 Å². The quantitative estimate of drug-likeness (QED) is 0.946. The number of hydrogen-bond acceptors (Lipinski definition) is 2. The minimum Gasteiger partial charge on any atom is -0.321 e. The number of hydrogen-bond donors (Lipinski definition) is 1. The van der Waals surface area contributed by atoms with Crippen molar-refractivity contribution >= 4 is 11.6 Å². The molecule has 2 aromatic rings. The standard InChI is InChI=1S/C14H16ClF2N3/c1-8-13(15)12(20(3)19-8)7-14(2,18)9-4-10(16)6-11(17)5-9/h4-6H,7,18H2,1-3H3. The molecular formula is C14H16ClF2N3. The van der Waals surface area contributed by atoms with E-state index >= 15 is 0 Å². The van der Waals surface area contributed by atoms with Crippen molar-refractivity contribution < 1.29 is 8.78 Å². The maximum Gasteiger partial charge on any atom is 0.126 e. The highest BCUT2D eigenvalue weighted by Gasteiger charge is 2.26. The Morgan fingerprint density at radius 3 is 2.30 bits per heavy atom. The van der Waals surface area contributed by atoms with E-state index in [4.69, 9.17) is 17.3 Å². The van der Waals surface area contributed by atoms with Crippen molar-refractivity contribution in [3.05, 3.63) is 51.8 Å². The fourth-order valence-electron chi connectivity index (χ4n) is 2.21. The number of benzene rings is 1. The molecular weight excluding hydrogens is 284 g/mol. The molecule has 0 radical (unpaired) electrons. The first kappa shape index (κ1) is 14.9. The van der Waals surface area contributed by atoms with E-state index in [2.05, 4.69) is 5.10 Å². The summed E-state index contributed by atoms with van der Waals surface area (Å²) < 4.78 is 28.3. The molecule has 0 fully saturated rings. The Hall–Kier alpha value is -1.46. The van der Waals surface area contributed by atoms with E-state index in [0.717, 1.165) is 11.8 Å². The number of nitrogens with two attached hydrogens (primary N) is 1. The van der Waals surface area contributed by atoms with E-state index in [-0.39, 0.29) is 0 Å². The topological polar surface area (TPSA) is 43.8 Å². The monoisotopic (exact) mass is 299 g/mol. The van der Waals surface area contributed by atoms with Crippen LogP contribution in [-0.2, 0) is 19.0 Å². The Bertz CT molecular complexity index is 630. The summed E-state index contributed by atoms with van der Waals surface area (Å²) in [5, 5.41) is 4.73. The zero-order valence-corrected chi connectivity index (χ0v) is 12.3. The van der Waals surface area contributed by atoms with E-state index < -0.39 is 17.2 Å². The van der Waals surface area contributed by atoms with E-state index in [0.29, 0.717) is 22.7 Å². The average molecular weight is 300 g/mol. The van der Waals surface area contributed by atoms with Gasteiger partial charge >= 0.3 is 0 Å². The summed E-state index contributed by atoms with van der Waals surface area (Å²) in [6.07, 6.45) is 0.325. The summed E-state index contributed by atoms with van der Waals surface area (Å²) >= 11 is 6.18. The van der Waals surface area contributed by atoms with Gasteiger partial charge in [-0.3, -0.25) is 4.68 Å². The van der Waals surface area contributed by atoms with Gasteiger partial charge in [-0.05, 0) is 31.5 Å². The van der Waals surface area contributed by atoms with Gasteiger partial charge in [0.15, 0.2) is 0 Å². The average Bonchev–Trinajstić information content (AvgIpc) is 2.54. The summed E-state index contributed by atoms with van der Waals surface area (Å²) in [5.41, 5.74) is 7.08. The molecule has 0 saturated carbocycles. The molecule has 1 aromatic heterocycles. The minimum absolute atomic E-state index is 0.325. The van der Waals surface area contributed by atoms with Crippen molar-refractivity contribution in [3.63, 3.8) is 0 Å². The lowest BCUT2D eigenvalue weighted by Crippen LogP contribution is -2.36. The summed E-state index contributed by atoms with van der Waals surface area (Å²) in [4.78, 5) is 0. The Balaban J connectivity index is 2.40. The molecule has 0 bridgehead atoms. The highest BCUT2D eigenvalue weighted by atomic mass is 35.5. The highest BCUT2D eigenvalue weighted by Crippen LogP contribution is 2.28. The summed E-state index contributed by atoms with van der Waals surface area (Å²) in [6.45, 7) is 3.50. The van der Waals surface area contributed by atoms with Gasteiger partial charge in [0.05, 0.1) is 16.4 Å². The first-order valence-electron chi connectivity index (χ1n) is 6.14. The van der Waals surface area contributed by atoms with Gasteiger partial charge in [0, 0.05) is 25.1 Å². The summed E-state index contributed by atoms with van der Waals surface area (Å²) in [6, 6.07) is 3.29. The molecule has 1 heterocycles. The number of aryl methyl sites for hydroxylation is 2. The Morgan fingerprint density at radius 1 is 1.30 bits per heavy atom. The first-order valence-corrected chi connectivity index (χ1v) is 6.52. The van der Waals surface area contributed by atoms with Gasteiger partial charge in [0.2, 0.25) is 0 Å². The Kier molecular flexibility index (Phi) is 3.84. The molecule has 0 amide bonds. The molecule has 1 atom stereocenters. The molecule has 0 spiro atoms. The van der Waals surface area contributed by atoms with Crippen LogP contribution in [0.15, 0.2) is 18.2 Å². The molecule has 20 heavy (non-hydrogen) atoms. The molecule has 2 N–H and O–H groups in total. The fraction of sp³-hybridized carbons (Fsp3) is 0.357. The lowest BCUT2D eigenvalue weighted by molar-refractivity contribution is 0.462. The van der Waals surface area contributed by atoms with Crippen molar-refractivity contribution in [2.75, 3.05) is 0 Å². The zero-order chi connectivity index (χ0) is 15.1. The van der Waals surface area contributed by atoms with Gasteiger partial charge in [-0.15, -0.1) is 0 Å². The van der Waals surface area contributed by atoms with Crippen LogP contribution >= 0.6 is 11.6 Å². The van der Waals surface area contributed by atoms with E-state index in [1.165, 1.54) is 12.1 Å². The van der Waals surface area contributed by atoms with Crippen LogP contribution in [0.3, 0.4) is 0 Å². The van der Waals surface area contributed by atoms with Crippen LogP contribution < -0.4 is 5.73 Å². The lowest BCUT2D eigenvalue weighted by atomic mass is 9.88. The second-order valence-corrected chi connectivity index (χ2v) is 5.60. The highest BCUT2D eigenvalue weighted by molar-refractivity contribution is 6.31. The third-order valence-electron chi connectivity index (χ3n) is 3.32. The number of rotatable bonds is 3. The molecule has 6 heteroatoms. The normalized spacial score (nSPS) is 14.3. The predicted octanol–water partition coefficient (Wildman–Crippen LogP) is 3.08. The van der Waals surface area contributed by atoms with Crippen LogP contribution in [0, 0.1) is 18.6 Å². The van der Waals surface area contributed by atoms with Gasteiger partial charge in [0.1, 0.15) is 11.6 Å². The van der Waals surface area contributed by atoms with E-state index in [1.54, 1.807) is 25.6 Å². The van der Waals surface area contributed by atoms with Crippen LogP contribution in [0.5, 0.6) is 0 Å². The Morgan fingerprint density at radius 2 is 1.85 bits per heavy atom. The van der Waals surface area contributed by atoms with Gasteiger partial charge in [0.25, 0.3) is 0 Å². The Labute approximate surface area is 121 Å². The van der Waals surface area contributed by atoms with Gasteiger partial charge < -0.3 is 5.73 Å². The number of nitrogens with zero attached hydrogens (tertiary/aromatic N) is 2. The van der Waals surface area contributed by atoms with Crippen molar-refractivity contribution in [1.82, 2.24) is 9.78 Å². The zero-order valence-electron chi connectivity index (χ0n) is 11.5. The fourth-order valence-corrected chi connectivity index (χ4v) is 2.43. The van der Waals surface area contributed by atoms with Gasteiger partial charge in [-0.25, -0.2) is 8.78 Å². The largest absolute Gasteiger partial charge is 0.321 e. The third kappa shape index (κ3) is 2.83. The number of aromatic nitrogens is 2. The molecule has 0 saturated heterocycles. The van der Waals surface area contributed by atoms with Crippen LogP contribution in [-0.4, -0.2) is 9.78 Å². The molecule has 1 unspecified atom stereocenters. The second-order valence-electron chi connectivity index (χ2n) is 5.22. The molecule has 2 rings (SSSR count). The molecule has 0 aliphatic heterocycles. The molecule has 1 aromatic carbocycles. The number of halogens is 3. The third-order valence-corrected chi connectivity index (χ3v) is 3.81. The van der Waals surface area contributed by atoms with E-state index in [1.807, 2.05) is 0 Å². The van der Waals surface area contributed by atoms with Gasteiger partial charge in [-0.2, -0.15) is 5.10 Å². The predicted molar refractivity (Wildman–Crippen MR) is 74.6 cm³/mol. The molecule has 0 aliphatic carbocycles. The molecule has 3 nitrogen and oxygen atoms in total. The van der Waals surface area contributed by atoms with Gasteiger partial charge in [-0.1, -0.05) is 11.6 Å². The lowest BCUT2D eigenvalue weighted by Gasteiger charge is -2.25. The maximum atomic E-state index is 13.3. The maximum absolute atomic E-state index is 13.3. The minimum atomic E-state index is -0.952. The first-order chi connectivity index (χ1) is 9.20. The van der Waals surface area contributed by atoms with Crippen LogP contribution in [0.2, 0.25) is 5.02 Å². The van der Waals surface area contributed by atoms with Crippen LogP contribution in [0.25, 0.3) is 0 Å². The van der Waals surface area contributed by atoms with Crippen molar-refractivity contribution in [3.8, 4) is 0 Å².